The molecule has 0 saturated carbocycles. The van der Waals surface area contributed by atoms with Crippen molar-refractivity contribution >= 4 is 17.3 Å². The zero-order chi connectivity index (χ0) is 14.4. The first-order valence-corrected chi connectivity index (χ1v) is 6.39. The van der Waals surface area contributed by atoms with E-state index in [1.54, 1.807) is 19.2 Å². The summed E-state index contributed by atoms with van der Waals surface area (Å²) in [6, 6.07) is 5.17. The highest BCUT2D eigenvalue weighted by atomic mass is 16.5. The lowest BCUT2D eigenvalue weighted by atomic mass is 10.1. The van der Waals surface area contributed by atoms with Crippen LogP contribution < -0.4 is 16.4 Å². The Morgan fingerprint density at radius 1 is 1.42 bits per heavy atom. The summed E-state index contributed by atoms with van der Waals surface area (Å²) in [7, 11) is 1.67. The fourth-order valence-corrected chi connectivity index (χ4v) is 1.95. The van der Waals surface area contributed by atoms with Crippen LogP contribution in [0.5, 0.6) is 0 Å². The molecule has 106 valence electrons. The van der Waals surface area contributed by atoms with E-state index in [9.17, 15) is 4.79 Å². The van der Waals surface area contributed by atoms with Gasteiger partial charge in [-0.1, -0.05) is 13.8 Å². The average molecular weight is 265 g/mol. The minimum absolute atomic E-state index is 0.428. The van der Waals surface area contributed by atoms with Gasteiger partial charge in [0, 0.05) is 25.8 Å². The summed E-state index contributed by atoms with van der Waals surface area (Å²) < 4.78 is 5.12. The maximum Gasteiger partial charge on any atom is 0.248 e. The first kappa shape index (κ1) is 15.3. The lowest BCUT2D eigenvalue weighted by Gasteiger charge is -2.27. The Kier molecular flexibility index (Phi) is 5.63. The van der Waals surface area contributed by atoms with Crippen LogP contribution in [-0.2, 0) is 4.74 Å². The highest BCUT2D eigenvalue weighted by Crippen LogP contribution is 2.25. The molecule has 0 radical (unpaired) electrons. The molecule has 1 aromatic carbocycles. The first-order chi connectivity index (χ1) is 8.95. The van der Waals surface area contributed by atoms with Gasteiger partial charge in [-0.05, 0) is 24.1 Å². The van der Waals surface area contributed by atoms with Gasteiger partial charge in [-0.15, -0.1) is 0 Å². The van der Waals surface area contributed by atoms with Crippen molar-refractivity contribution < 1.29 is 9.53 Å². The monoisotopic (exact) mass is 265 g/mol. The molecule has 4 N–H and O–H groups in total. The van der Waals surface area contributed by atoms with Gasteiger partial charge in [0.2, 0.25) is 5.91 Å². The molecule has 0 aliphatic heterocycles. The van der Waals surface area contributed by atoms with Gasteiger partial charge < -0.3 is 21.1 Å². The number of anilines is 2. The molecule has 0 atom stereocenters. The number of benzene rings is 1. The molecule has 1 amide bonds. The van der Waals surface area contributed by atoms with Crippen LogP contribution in [0, 0.1) is 5.92 Å². The van der Waals surface area contributed by atoms with Gasteiger partial charge in [0.1, 0.15) is 0 Å². The molecule has 0 heterocycles. The first-order valence-electron chi connectivity index (χ1n) is 6.39. The number of primary amides is 1. The summed E-state index contributed by atoms with van der Waals surface area (Å²) in [6.07, 6.45) is 0. The van der Waals surface area contributed by atoms with E-state index in [2.05, 4.69) is 18.7 Å². The Balaban J connectivity index is 2.97. The van der Waals surface area contributed by atoms with E-state index in [1.807, 2.05) is 6.07 Å². The predicted octanol–water partition coefficient (Wildman–Crippen LogP) is 1.48. The second kappa shape index (κ2) is 6.99. The van der Waals surface area contributed by atoms with Crippen molar-refractivity contribution in [2.75, 3.05) is 37.4 Å². The van der Waals surface area contributed by atoms with Gasteiger partial charge in [0.25, 0.3) is 0 Å². The molecule has 5 heteroatoms. The third-order valence-corrected chi connectivity index (χ3v) is 2.80. The van der Waals surface area contributed by atoms with Crippen molar-refractivity contribution in [2.45, 2.75) is 13.8 Å². The largest absolute Gasteiger partial charge is 0.397 e. The fraction of sp³-hybridized carbons (Fsp3) is 0.500. The van der Waals surface area contributed by atoms with Gasteiger partial charge in [-0.2, -0.15) is 0 Å². The van der Waals surface area contributed by atoms with Gasteiger partial charge >= 0.3 is 0 Å². The Morgan fingerprint density at radius 3 is 2.58 bits per heavy atom. The van der Waals surface area contributed by atoms with E-state index in [1.165, 1.54) is 0 Å². The third-order valence-electron chi connectivity index (χ3n) is 2.80. The van der Waals surface area contributed by atoms with E-state index >= 15 is 0 Å². The molecule has 0 aliphatic rings. The Bertz CT molecular complexity index is 433. The van der Waals surface area contributed by atoms with Crippen molar-refractivity contribution in [3.63, 3.8) is 0 Å². The van der Waals surface area contributed by atoms with Crippen molar-refractivity contribution in [3.05, 3.63) is 23.8 Å². The molecule has 5 nitrogen and oxygen atoms in total. The number of hydrogen-bond donors (Lipinski definition) is 2. The van der Waals surface area contributed by atoms with Crippen molar-refractivity contribution in [1.82, 2.24) is 0 Å². The van der Waals surface area contributed by atoms with E-state index in [4.69, 9.17) is 16.2 Å². The zero-order valence-electron chi connectivity index (χ0n) is 11.8. The molecule has 0 aromatic heterocycles. The number of nitrogens with two attached hydrogens (primary N) is 2. The van der Waals surface area contributed by atoms with Gasteiger partial charge in [0.05, 0.1) is 18.0 Å². The number of amides is 1. The van der Waals surface area contributed by atoms with Gasteiger partial charge in [-0.25, -0.2) is 0 Å². The third kappa shape index (κ3) is 4.44. The maximum atomic E-state index is 11.1. The van der Waals surface area contributed by atoms with Gasteiger partial charge in [-0.3, -0.25) is 4.79 Å². The van der Waals surface area contributed by atoms with Crippen LogP contribution >= 0.6 is 0 Å². The molecule has 0 spiro atoms. The van der Waals surface area contributed by atoms with Crippen LogP contribution in [0.3, 0.4) is 0 Å². The molecule has 0 saturated heterocycles. The fourth-order valence-electron chi connectivity index (χ4n) is 1.95. The Hall–Kier alpha value is -1.75. The number of carbonyl (C=O) groups is 1. The number of carbonyl (C=O) groups excluding carboxylic acids is 1. The van der Waals surface area contributed by atoms with Crippen LogP contribution in [0.4, 0.5) is 11.4 Å². The van der Waals surface area contributed by atoms with Crippen LogP contribution in [0.25, 0.3) is 0 Å². The second-order valence-corrected chi connectivity index (χ2v) is 4.97. The highest BCUT2D eigenvalue weighted by molar-refractivity contribution is 5.94. The lowest BCUT2D eigenvalue weighted by Crippen LogP contribution is -2.31. The molecule has 1 aromatic rings. The SMILES string of the molecule is COCCN(CC(C)C)c1ccc(C(N)=O)cc1N. The van der Waals surface area contributed by atoms with Crippen molar-refractivity contribution in [1.29, 1.82) is 0 Å². The van der Waals surface area contributed by atoms with Crippen LogP contribution in [0.1, 0.15) is 24.2 Å². The highest BCUT2D eigenvalue weighted by Gasteiger charge is 2.13. The molecular weight excluding hydrogens is 242 g/mol. The molecule has 0 fully saturated rings. The average Bonchev–Trinajstić information content (AvgIpc) is 2.34. The molecule has 0 bridgehead atoms. The van der Waals surface area contributed by atoms with Crippen LogP contribution in [0.2, 0.25) is 0 Å². The molecule has 19 heavy (non-hydrogen) atoms. The smallest absolute Gasteiger partial charge is 0.248 e. The standard InChI is InChI=1S/C14H23N3O2/c1-10(2)9-17(6-7-19-3)13-5-4-11(14(16)18)8-12(13)15/h4-5,8,10H,6-7,9,15H2,1-3H3,(H2,16,18). The number of nitrogen functional groups attached to an aromatic ring is 1. The van der Waals surface area contributed by atoms with E-state index in [0.717, 1.165) is 18.8 Å². The Morgan fingerprint density at radius 2 is 2.11 bits per heavy atom. The summed E-state index contributed by atoms with van der Waals surface area (Å²) >= 11 is 0. The lowest BCUT2D eigenvalue weighted by molar-refractivity contribution is 0.100. The number of rotatable bonds is 7. The molecular formula is C14H23N3O2. The van der Waals surface area contributed by atoms with Crippen molar-refractivity contribution in [3.8, 4) is 0 Å². The maximum absolute atomic E-state index is 11.1. The van der Waals surface area contributed by atoms with E-state index < -0.39 is 5.91 Å². The number of nitrogens with zero attached hydrogens (tertiary/aromatic N) is 1. The topological polar surface area (TPSA) is 81.6 Å². The van der Waals surface area contributed by atoms with E-state index in [-0.39, 0.29) is 0 Å². The minimum atomic E-state index is -0.467. The van der Waals surface area contributed by atoms with Crippen LogP contribution in [-0.4, -0.2) is 32.7 Å². The van der Waals surface area contributed by atoms with E-state index in [0.29, 0.717) is 23.8 Å². The second-order valence-electron chi connectivity index (χ2n) is 4.97. The zero-order valence-corrected chi connectivity index (χ0v) is 11.8. The number of ether oxygens (including phenoxy) is 1. The molecule has 0 aliphatic carbocycles. The predicted molar refractivity (Wildman–Crippen MR) is 78.3 cm³/mol. The van der Waals surface area contributed by atoms with Crippen molar-refractivity contribution in [2.24, 2.45) is 11.7 Å². The van der Waals surface area contributed by atoms with Crippen LogP contribution in [0.15, 0.2) is 18.2 Å². The summed E-state index contributed by atoms with van der Waals surface area (Å²) in [6.45, 7) is 6.56. The molecule has 0 unspecified atom stereocenters. The minimum Gasteiger partial charge on any atom is -0.397 e. The normalized spacial score (nSPS) is 10.7. The summed E-state index contributed by atoms with van der Waals surface area (Å²) in [5, 5.41) is 0. The number of hydrogen-bond acceptors (Lipinski definition) is 4. The van der Waals surface area contributed by atoms with Gasteiger partial charge in [0.15, 0.2) is 0 Å². The summed E-state index contributed by atoms with van der Waals surface area (Å²) in [5.74, 6) is 0.0395. The number of methoxy groups -OCH3 is 1. The quantitative estimate of drug-likeness (QED) is 0.732. The Labute approximate surface area is 114 Å². The molecule has 1 rings (SSSR count). The summed E-state index contributed by atoms with van der Waals surface area (Å²) in [5.41, 5.74) is 13.2. The summed E-state index contributed by atoms with van der Waals surface area (Å²) in [4.78, 5) is 13.3.